The highest BCUT2D eigenvalue weighted by Gasteiger charge is 2.17. The standard InChI is InChI=1S/C31H26N6O6S3/c1-16-11-25(35-36-30-28(45)13-18-12-22(44)14-26(32-17(2)38)29(18)31(30)41)27(40)15-24(16)34-33-19-5-9-23(10-6-19)46(42,43)37-20-3-7-21(39)8-4-20/h3-15,37,39-41,44-45H,1-2H3,(H,32,38)/b34-33+,36-35+. The maximum atomic E-state index is 12.7. The van der Waals surface area contributed by atoms with Crippen LogP contribution in [0.15, 0.2) is 114 Å². The highest BCUT2D eigenvalue weighted by molar-refractivity contribution is 7.92. The molecule has 0 spiro atoms. The Labute approximate surface area is 274 Å². The van der Waals surface area contributed by atoms with E-state index >= 15 is 0 Å². The Morgan fingerprint density at radius 2 is 1.48 bits per heavy atom. The third-order valence-corrected chi connectivity index (χ3v) is 8.55. The Balaban J connectivity index is 1.36. The van der Waals surface area contributed by atoms with Crippen LogP contribution in [0.3, 0.4) is 0 Å². The van der Waals surface area contributed by atoms with E-state index in [0.717, 1.165) is 0 Å². The van der Waals surface area contributed by atoms with Gasteiger partial charge in [0.25, 0.3) is 10.0 Å². The molecule has 0 bridgehead atoms. The van der Waals surface area contributed by atoms with Crippen LogP contribution in [0.1, 0.15) is 12.5 Å². The molecule has 5 aromatic carbocycles. The quantitative estimate of drug-likeness (QED) is 0.0492. The molecule has 1 amide bonds. The molecular weight excluding hydrogens is 649 g/mol. The molecule has 0 aliphatic carbocycles. The first-order valence-corrected chi connectivity index (χ1v) is 15.8. The zero-order valence-corrected chi connectivity index (χ0v) is 26.8. The summed E-state index contributed by atoms with van der Waals surface area (Å²) >= 11 is 8.80. The van der Waals surface area contributed by atoms with Crippen molar-refractivity contribution in [3.63, 3.8) is 0 Å². The summed E-state index contributed by atoms with van der Waals surface area (Å²) in [5.74, 6) is -0.843. The van der Waals surface area contributed by atoms with Crippen LogP contribution in [-0.4, -0.2) is 29.6 Å². The average molecular weight is 675 g/mol. The first kappa shape index (κ1) is 32.3. The minimum atomic E-state index is -3.87. The monoisotopic (exact) mass is 674 g/mol. The van der Waals surface area contributed by atoms with E-state index in [1.165, 1.54) is 67.6 Å². The number of nitrogens with one attached hydrogen (secondary N) is 2. The summed E-state index contributed by atoms with van der Waals surface area (Å²) in [6.07, 6.45) is 0. The predicted molar refractivity (Wildman–Crippen MR) is 181 cm³/mol. The van der Waals surface area contributed by atoms with Crippen LogP contribution in [0.2, 0.25) is 0 Å². The van der Waals surface area contributed by atoms with Crippen LogP contribution >= 0.6 is 25.3 Å². The number of carbonyl (C=O) groups excluding carboxylic acids is 1. The Morgan fingerprint density at radius 3 is 2.15 bits per heavy atom. The number of nitrogens with zero attached hydrogens (tertiary/aromatic N) is 4. The van der Waals surface area contributed by atoms with Gasteiger partial charge in [-0.2, -0.15) is 10.2 Å². The molecule has 0 aliphatic rings. The van der Waals surface area contributed by atoms with Gasteiger partial charge >= 0.3 is 0 Å². The van der Waals surface area contributed by atoms with Gasteiger partial charge in [-0.25, -0.2) is 8.42 Å². The number of anilines is 2. The van der Waals surface area contributed by atoms with Crippen molar-refractivity contribution in [2.24, 2.45) is 20.5 Å². The van der Waals surface area contributed by atoms with Gasteiger partial charge in [0.15, 0.2) is 5.75 Å². The van der Waals surface area contributed by atoms with E-state index in [4.69, 9.17) is 0 Å². The summed E-state index contributed by atoms with van der Waals surface area (Å²) in [7, 11) is -3.87. The fourth-order valence-corrected chi connectivity index (χ4v) is 5.99. The van der Waals surface area contributed by atoms with E-state index in [1.807, 2.05) is 0 Å². The zero-order chi connectivity index (χ0) is 33.2. The Kier molecular flexibility index (Phi) is 9.18. The number of phenolic OH excluding ortho intramolecular Hbond substituents is 3. The first-order chi connectivity index (χ1) is 21.8. The Bertz CT molecular complexity index is 2150. The van der Waals surface area contributed by atoms with Crippen LogP contribution < -0.4 is 10.0 Å². The molecule has 5 aromatic rings. The van der Waals surface area contributed by atoms with E-state index < -0.39 is 10.0 Å². The largest absolute Gasteiger partial charge is 0.508 e. The highest BCUT2D eigenvalue weighted by atomic mass is 32.2. The fraction of sp³-hybridized carbons (Fsp3) is 0.0645. The lowest BCUT2D eigenvalue weighted by molar-refractivity contribution is -0.114. The summed E-state index contributed by atoms with van der Waals surface area (Å²) in [5.41, 5.74) is 2.04. The molecule has 12 nitrogen and oxygen atoms in total. The molecule has 0 atom stereocenters. The summed E-state index contributed by atoms with van der Waals surface area (Å²) in [5, 5.41) is 51.3. The van der Waals surface area contributed by atoms with Crippen molar-refractivity contribution >= 4 is 86.1 Å². The number of fused-ring (bicyclic) bond motifs is 1. The third-order valence-electron chi connectivity index (χ3n) is 6.55. The number of aromatic hydroxyl groups is 3. The lowest BCUT2D eigenvalue weighted by atomic mass is 10.1. The van der Waals surface area contributed by atoms with Gasteiger partial charge in [0.2, 0.25) is 5.91 Å². The number of phenols is 3. The molecule has 0 unspecified atom stereocenters. The minimum Gasteiger partial charge on any atom is -0.508 e. The summed E-state index contributed by atoms with van der Waals surface area (Å²) in [4.78, 5) is 12.6. The van der Waals surface area contributed by atoms with Gasteiger partial charge in [0, 0.05) is 33.9 Å². The van der Waals surface area contributed by atoms with Crippen molar-refractivity contribution in [2.45, 2.75) is 28.5 Å². The number of azo groups is 2. The normalized spacial score (nSPS) is 11.8. The van der Waals surface area contributed by atoms with Gasteiger partial charge in [0.05, 0.1) is 22.0 Å². The SMILES string of the molecule is CC(=O)Nc1cc(S)cc2cc(S)c(/N=N/c3cc(C)c(/N=N/c4ccc(S(=O)(=O)Nc5ccc(O)cc5)cc4)cc3O)c(O)c12. The van der Waals surface area contributed by atoms with E-state index in [1.54, 1.807) is 25.1 Å². The molecule has 0 aromatic heterocycles. The second kappa shape index (κ2) is 13.1. The molecule has 0 heterocycles. The van der Waals surface area contributed by atoms with Crippen molar-refractivity contribution in [1.82, 2.24) is 0 Å². The molecule has 0 radical (unpaired) electrons. The maximum Gasteiger partial charge on any atom is 0.261 e. The average Bonchev–Trinajstić information content (AvgIpc) is 2.98. The number of hydrogen-bond acceptors (Lipinski definition) is 12. The number of carbonyl (C=O) groups is 1. The molecule has 15 heteroatoms. The topological polar surface area (TPSA) is 185 Å². The molecule has 234 valence electrons. The number of hydrogen-bond donors (Lipinski definition) is 7. The number of sulfonamides is 1. The van der Waals surface area contributed by atoms with Gasteiger partial charge in [0.1, 0.15) is 22.9 Å². The van der Waals surface area contributed by atoms with Gasteiger partial charge in [-0.3, -0.25) is 9.52 Å². The van der Waals surface area contributed by atoms with Crippen molar-refractivity contribution in [2.75, 3.05) is 10.0 Å². The molecule has 0 fully saturated rings. The maximum absolute atomic E-state index is 12.7. The van der Waals surface area contributed by atoms with Gasteiger partial charge in [-0.1, -0.05) is 0 Å². The van der Waals surface area contributed by atoms with Crippen LogP contribution in [0, 0.1) is 6.92 Å². The minimum absolute atomic E-state index is 0.00248. The van der Waals surface area contributed by atoms with E-state index in [2.05, 4.69) is 55.8 Å². The molecule has 0 aliphatic heterocycles. The predicted octanol–water partition coefficient (Wildman–Crippen LogP) is 8.43. The summed E-state index contributed by atoms with van der Waals surface area (Å²) in [6, 6.07) is 19.2. The zero-order valence-electron chi connectivity index (χ0n) is 24.2. The van der Waals surface area contributed by atoms with Crippen LogP contribution in [0.5, 0.6) is 17.2 Å². The number of amides is 1. The van der Waals surface area contributed by atoms with Crippen molar-refractivity contribution in [1.29, 1.82) is 0 Å². The van der Waals surface area contributed by atoms with Gasteiger partial charge < -0.3 is 20.6 Å². The van der Waals surface area contributed by atoms with Gasteiger partial charge in [-0.15, -0.1) is 35.5 Å². The highest BCUT2D eigenvalue weighted by Crippen LogP contribution is 2.45. The number of rotatable bonds is 8. The summed E-state index contributed by atoms with van der Waals surface area (Å²) < 4.78 is 27.8. The lowest BCUT2D eigenvalue weighted by Crippen LogP contribution is -2.12. The molecule has 0 saturated carbocycles. The van der Waals surface area contributed by atoms with Crippen molar-refractivity contribution in [3.8, 4) is 17.2 Å². The van der Waals surface area contributed by atoms with Crippen molar-refractivity contribution in [3.05, 3.63) is 84.4 Å². The number of benzene rings is 5. The number of thiol groups is 2. The molecular formula is C31H26N6O6S3. The molecule has 46 heavy (non-hydrogen) atoms. The van der Waals surface area contributed by atoms with Crippen molar-refractivity contribution < 1.29 is 28.5 Å². The third kappa shape index (κ3) is 7.22. The fourth-order valence-electron chi connectivity index (χ4n) is 4.38. The summed E-state index contributed by atoms with van der Waals surface area (Å²) in [6.45, 7) is 3.07. The molecule has 5 rings (SSSR count). The van der Waals surface area contributed by atoms with E-state index in [9.17, 15) is 28.5 Å². The lowest BCUT2D eigenvalue weighted by Gasteiger charge is -2.13. The van der Waals surface area contributed by atoms with Crippen LogP contribution in [-0.2, 0) is 14.8 Å². The Hall–Kier alpha value is -5.12. The second-order valence-corrected chi connectivity index (χ2v) is 12.7. The smallest absolute Gasteiger partial charge is 0.261 e. The number of aryl methyl sites for hydroxylation is 1. The van der Waals surface area contributed by atoms with E-state index in [0.29, 0.717) is 48.9 Å². The van der Waals surface area contributed by atoms with Crippen LogP contribution in [0.4, 0.5) is 34.1 Å². The second-order valence-electron chi connectivity index (χ2n) is 10.0. The first-order valence-electron chi connectivity index (χ1n) is 13.4. The van der Waals surface area contributed by atoms with Gasteiger partial charge in [-0.05, 0) is 90.7 Å². The van der Waals surface area contributed by atoms with Crippen LogP contribution in [0.25, 0.3) is 10.8 Å². The van der Waals surface area contributed by atoms with E-state index in [-0.39, 0.29) is 39.4 Å². The molecule has 0 saturated heterocycles. The Morgan fingerprint density at radius 1 is 0.804 bits per heavy atom. The molecule has 5 N–H and O–H groups in total.